The van der Waals surface area contributed by atoms with Gasteiger partial charge in [-0.05, 0) is 70.3 Å². The van der Waals surface area contributed by atoms with Crippen LogP contribution in [0.1, 0.15) is 605 Å². The minimum Gasteiger partial charge on any atom is -0.417 e. The first-order valence-electron chi connectivity index (χ1n) is 49.4. The van der Waals surface area contributed by atoms with Crippen molar-refractivity contribution < 1.29 is 13.6 Å². The summed E-state index contributed by atoms with van der Waals surface area (Å²) >= 11 is 0. The Morgan fingerprint density at radius 2 is 0.333 bits per heavy atom. The lowest BCUT2D eigenvalue weighted by Crippen LogP contribution is -2.21. The maximum Gasteiger partial charge on any atom is 0.419 e. The molecule has 4 heteroatoms. The molecule has 2 aromatic rings. The second-order valence-electron chi connectivity index (χ2n) is 39.8. The van der Waals surface area contributed by atoms with Gasteiger partial charge in [0.15, 0.2) is 0 Å². The second kappa shape index (κ2) is 66.4. The quantitative estimate of drug-likeness (QED) is 0.0489. The lowest BCUT2D eigenvalue weighted by molar-refractivity contribution is 0.388. The maximum atomic E-state index is 15.4. The number of hydrogen-bond acceptors (Lipinski definition) is 3. The first-order valence-corrected chi connectivity index (χ1v) is 50.6. The van der Waals surface area contributed by atoms with Crippen LogP contribution < -0.4 is 9.05 Å². The topological polar surface area (TPSA) is 35.5 Å². The van der Waals surface area contributed by atoms with E-state index < -0.39 is 8.25 Å². The zero-order chi connectivity index (χ0) is 79.1. The van der Waals surface area contributed by atoms with Crippen molar-refractivity contribution >= 4 is 8.25 Å². The van der Waals surface area contributed by atoms with Crippen LogP contribution in [0.5, 0.6) is 11.5 Å². The van der Waals surface area contributed by atoms with Gasteiger partial charge in [0.1, 0.15) is 11.5 Å². The Labute approximate surface area is 680 Å². The Balaban J connectivity index is 2.37. The first-order chi connectivity index (χ1) is 52.1. The highest BCUT2D eigenvalue weighted by Crippen LogP contribution is 2.50. The van der Waals surface area contributed by atoms with Crippen molar-refractivity contribution in [3.63, 3.8) is 0 Å². The molecule has 0 aliphatic carbocycles. The Bertz CT molecular complexity index is 2120. The standard InChI is InChI=1S/C104H195O3P/c1-17-21-25-29-33-37-41-45-49-53-57-61-65-69-73-77-81-85-91(83-79-75-71-67-63-59-55-51-47-43-39-35-31-27-23-19-3)93-87-95(101(5,6)7)99(96(88-93)102(8,9)10)106-108(105)107-100-97(103(11,12)13)89-94(90-98(100)104(14,15)16)92(84-80-76-72-68-64-60-56-52-48-44-40-36-32-28-24-20-4)86-82-78-74-70-66-62-58-54-50-46-42-38-34-30-26-22-18-2/h87-92,108H,17-86H2,1-16H3. The lowest BCUT2D eigenvalue weighted by atomic mass is 9.76. The third-order valence-corrected chi connectivity index (χ3v) is 25.6. The molecule has 2 unspecified atom stereocenters. The van der Waals surface area contributed by atoms with Gasteiger partial charge >= 0.3 is 8.25 Å². The van der Waals surface area contributed by atoms with E-state index in [-0.39, 0.29) is 21.7 Å². The average Bonchev–Trinajstić information content (AvgIpc) is 0.769. The molecule has 2 atom stereocenters. The van der Waals surface area contributed by atoms with Crippen LogP contribution in [0.2, 0.25) is 0 Å². The van der Waals surface area contributed by atoms with Gasteiger partial charge in [-0.2, -0.15) is 0 Å². The van der Waals surface area contributed by atoms with Crippen molar-refractivity contribution in [2.75, 3.05) is 0 Å². The highest BCUT2D eigenvalue weighted by Gasteiger charge is 2.34. The van der Waals surface area contributed by atoms with Crippen LogP contribution >= 0.6 is 8.25 Å². The monoisotopic (exact) mass is 1520 g/mol. The fourth-order valence-electron chi connectivity index (χ4n) is 17.5. The molecule has 0 aliphatic rings. The van der Waals surface area contributed by atoms with E-state index in [1.54, 1.807) is 0 Å². The lowest BCUT2D eigenvalue weighted by Gasteiger charge is -2.33. The van der Waals surface area contributed by atoms with E-state index in [9.17, 15) is 0 Å². The number of rotatable bonds is 76. The molecule has 3 nitrogen and oxygen atoms in total. The molecule has 0 bridgehead atoms. The smallest absolute Gasteiger partial charge is 0.417 e. The predicted molar refractivity (Wildman–Crippen MR) is 489 cm³/mol. The molecule has 0 fully saturated rings. The van der Waals surface area contributed by atoms with Crippen LogP contribution in [0.4, 0.5) is 0 Å². The summed E-state index contributed by atoms with van der Waals surface area (Å²) in [5, 5.41) is 0. The maximum absolute atomic E-state index is 15.4. The van der Waals surface area contributed by atoms with Gasteiger partial charge in [-0.3, -0.25) is 0 Å². The number of hydrogen-bond donors (Lipinski definition) is 0. The molecule has 0 radical (unpaired) electrons. The molecule has 0 N–H and O–H groups in total. The zero-order valence-electron chi connectivity index (χ0n) is 76.7. The van der Waals surface area contributed by atoms with E-state index in [4.69, 9.17) is 9.05 Å². The molecule has 0 aromatic heterocycles. The van der Waals surface area contributed by atoms with E-state index in [1.807, 2.05) is 0 Å². The normalized spacial score (nSPS) is 13.3. The van der Waals surface area contributed by atoms with Crippen LogP contribution in [0.25, 0.3) is 0 Å². The van der Waals surface area contributed by atoms with Gasteiger partial charge in [0.05, 0.1) is 0 Å². The van der Waals surface area contributed by atoms with Crippen LogP contribution in [0.15, 0.2) is 24.3 Å². The summed E-state index contributed by atoms with van der Waals surface area (Å²) in [4.78, 5) is 0. The molecule has 0 saturated heterocycles. The predicted octanol–water partition coefficient (Wildman–Crippen LogP) is 38.3. The summed E-state index contributed by atoms with van der Waals surface area (Å²) in [6.07, 6.45) is 97.7. The Kier molecular flexibility index (Phi) is 62.9. The molecule has 2 aromatic carbocycles. The van der Waals surface area contributed by atoms with E-state index in [0.29, 0.717) is 11.8 Å². The fraction of sp³-hybridized carbons (Fsp3) is 0.885. The van der Waals surface area contributed by atoms with E-state index >= 15 is 4.57 Å². The van der Waals surface area contributed by atoms with Crippen molar-refractivity contribution in [3.8, 4) is 11.5 Å². The fourth-order valence-corrected chi connectivity index (χ4v) is 18.3. The summed E-state index contributed by atoms with van der Waals surface area (Å²) in [6.45, 7) is 37.4. The average molecular weight is 1520 g/mol. The summed E-state index contributed by atoms with van der Waals surface area (Å²) in [5.41, 5.74) is 6.71. The van der Waals surface area contributed by atoms with Crippen molar-refractivity contribution in [1.82, 2.24) is 0 Å². The van der Waals surface area contributed by atoms with Crippen molar-refractivity contribution in [2.45, 2.75) is 594 Å². The minimum atomic E-state index is -3.09. The second-order valence-corrected chi connectivity index (χ2v) is 40.7. The van der Waals surface area contributed by atoms with Crippen molar-refractivity contribution in [1.29, 1.82) is 0 Å². The highest BCUT2D eigenvalue weighted by molar-refractivity contribution is 7.34. The third kappa shape index (κ3) is 53.4. The van der Waals surface area contributed by atoms with Crippen molar-refractivity contribution in [3.05, 3.63) is 57.6 Å². The van der Waals surface area contributed by atoms with Gasteiger partial charge in [0, 0.05) is 22.3 Å². The van der Waals surface area contributed by atoms with Crippen LogP contribution in [0, 0.1) is 0 Å². The highest BCUT2D eigenvalue weighted by atomic mass is 31.1. The van der Waals surface area contributed by atoms with Crippen LogP contribution in [-0.2, 0) is 26.2 Å². The zero-order valence-corrected chi connectivity index (χ0v) is 77.7. The molecule has 0 spiro atoms. The Hall–Kier alpha value is -1.73. The van der Waals surface area contributed by atoms with E-state index in [0.717, 1.165) is 11.5 Å². The Morgan fingerprint density at radius 1 is 0.213 bits per heavy atom. The number of benzene rings is 2. The van der Waals surface area contributed by atoms with Crippen LogP contribution in [-0.4, -0.2) is 0 Å². The summed E-state index contributed by atoms with van der Waals surface area (Å²) in [6, 6.07) is 10.1. The van der Waals surface area contributed by atoms with Gasteiger partial charge in [0.25, 0.3) is 0 Å². The van der Waals surface area contributed by atoms with Crippen molar-refractivity contribution in [2.24, 2.45) is 0 Å². The molecule has 0 heterocycles. The molecule has 108 heavy (non-hydrogen) atoms. The summed E-state index contributed by atoms with van der Waals surface area (Å²) < 4.78 is 29.6. The molecule has 634 valence electrons. The largest absolute Gasteiger partial charge is 0.419 e. The van der Waals surface area contributed by atoms with Gasteiger partial charge in [-0.1, -0.05) is 559 Å². The molecule has 2 rings (SSSR count). The molecule has 0 saturated carbocycles. The van der Waals surface area contributed by atoms with Crippen LogP contribution in [0.3, 0.4) is 0 Å². The van der Waals surface area contributed by atoms with Gasteiger partial charge in [-0.15, -0.1) is 0 Å². The van der Waals surface area contributed by atoms with Gasteiger partial charge in [-0.25, -0.2) is 4.57 Å². The molecule has 0 aliphatic heterocycles. The first kappa shape index (κ1) is 102. The third-order valence-electron chi connectivity index (χ3n) is 24.9. The molecule has 0 amide bonds. The summed E-state index contributed by atoms with van der Waals surface area (Å²) in [7, 11) is -3.09. The van der Waals surface area contributed by atoms with E-state index in [1.165, 1.54) is 483 Å². The Morgan fingerprint density at radius 3 is 0.454 bits per heavy atom. The molecular formula is C104H195O3P. The minimum absolute atomic E-state index is 0.234. The van der Waals surface area contributed by atoms with Gasteiger partial charge in [0.2, 0.25) is 0 Å². The van der Waals surface area contributed by atoms with Gasteiger partial charge < -0.3 is 9.05 Å². The SMILES string of the molecule is CCCCCCCCCCCCCCCCCCCC(CCCCCCCCCCCCCCCCCC)c1cc(C(C)(C)C)c(O[PH](=O)Oc2c(C(C)(C)C)cc(C(CCCCCCCCCCCCCCCCCC)CCCCCCCCCCCCCCCCCCC)cc2C(C)(C)C)c(C(C)(C)C)c1. The summed E-state index contributed by atoms with van der Waals surface area (Å²) in [5.74, 6) is 2.59. The van der Waals surface area contributed by atoms with E-state index in [2.05, 4.69) is 135 Å². The molecular weight excluding hydrogens is 1330 g/mol. The number of unbranched alkanes of at least 4 members (excludes halogenated alkanes) is 62.